The zero-order chi connectivity index (χ0) is 14.4. The van der Waals surface area contributed by atoms with Crippen LogP contribution in [0.25, 0.3) is 0 Å². The van der Waals surface area contributed by atoms with E-state index in [0.717, 1.165) is 6.42 Å². The quantitative estimate of drug-likeness (QED) is 0.835. The molecule has 1 aromatic rings. The molecule has 0 saturated heterocycles. The van der Waals surface area contributed by atoms with Gasteiger partial charge in [0.25, 0.3) is 0 Å². The van der Waals surface area contributed by atoms with Crippen LogP contribution in [-0.4, -0.2) is 18.8 Å². The summed E-state index contributed by atoms with van der Waals surface area (Å²) in [5.41, 5.74) is 0. The zero-order valence-electron chi connectivity index (χ0n) is 11.7. The summed E-state index contributed by atoms with van der Waals surface area (Å²) in [6.07, 6.45) is 4.70. The number of ether oxygens (including phenoxy) is 1. The van der Waals surface area contributed by atoms with Crippen molar-refractivity contribution < 1.29 is 9.53 Å². The number of amides is 2. The van der Waals surface area contributed by atoms with E-state index in [9.17, 15) is 4.79 Å². The first-order valence-electron chi connectivity index (χ1n) is 7.08. The SMILES string of the molecule is CC1CCCCC1NC(=O)NCOc1ccc(Cl)cc1. The third-order valence-corrected chi connectivity index (χ3v) is 3.97. The Morgan fingerprint density at radius 3 is 2.70 bits per heavy atom. The molecule has 0 aliphatic heterocycles. The first-order chi connectivity index (χ1) is 9.65. The lowest BCUT2D eigenvalue weighted by Crippen LogP contribution is -2.46. The van der Waals surface area contributed by atoms with E-state index in [1.807, 2.05) is 0 Å². The summed E-state index contributed by atoms with van der Waals surface area (Å²) in [6.45, 7) is 2.34. The fourth-order valence-corrected chi connectivity index (χ4v) is 2.59. The molecule has 1 aromatic carbocycles. The zero-order valence-corrected chi connectivity index (χ0v) is 12.5. The monoisotopic (exact) mass is 296 g/mol. The third-order valence-electron chi connectivity index (χ3n) is 3.71. The number of hydrogen-bond donors (Lipinski definition) is 2. The lowest BCUT2D eigenvalue weighted by atomic mass is 9.86. The Hall–Kier alpha value is -1.42. The summed E-state index contributed by atoms with van der Waals surface area (Å²) in [5.74, 6) is 1.23. The van der Waals surface area contributed by atoms with Crippen LogP contribution in [0.15, 0.2) is 24.3 Å². The van der Waals surface area contributed by atoms with Crippen molar-refractivity contribution in [3.8, 4) is 5.75 Å². The Morgan fingerprint density at radius 1 is 1.30 bits per heavy atom. The van der Waals surface area contributed by atoms with E-state index in [-0.39, 0.29) is 18.8 Å². The van der Waals surface area contributed by atoms with Gasteiger partial charge >= 0.3 is 6.03 Å². The molecule has 2 amide bonds. The van der Waals surface area contributed by atoms with Gasteiger partial charge in [0.2, 0.25) is 0 Å². The Morgan fingerprint density at radius 2 is 2.00 bits per heavy atom. The van der Waals surface area contributed by atoms with Crippen LogP contribution in [0.3, 0.4) is 0 Å². The highest BCUT2D eigenvalue weighted by molar-refractivity contribution is 6.30. The standard InChI is InChI=1S/C15H21ClN2O2/c1-11-4-2-3-5-14(11)18-15(19)17-10-20-13-8-6-12(16)7-9-13/h6-9,11,14H,2-5,10H2,1H3,(H2,17,18,19). The minimum Gasteiger partial charge on any atom is -0.473 e. The number of carbonyl (C=O) groups excluding carboxylic acids is 1. The van der Waals surface area contributed by atoms with Gasteiger partial charge in [-0.1, -0.05) is 31.4 Å². The van der Waals surface area contributed by atoms with Gasteiger partial charge in [-0.3, -0.25) is 0 Å². The smallest absolute Gasteiger partial charge is 0.317 e. The molecular weight excluding hydrogens is 276 g/mol. The Labute approximate surface area is 124 Å². The summed E-state index contributed by atoms with van der Waals surface area (Å²) in [6, 6.07) is 7.15. The van der Waals surface area contributed by atoms with Crippen molar-refractivity contribution in [1.82, 2.24) is 10.6 Å². The molecule has 4 nitrogen and oxygen atoms in total. The molecule has 0 heterocycles. The van der Waals surface area contributed by atoms with Crippen LogP contribution in [0.1, 0.15) is 32.6 Å². The van der Waals surface area contributed by atoms with Gasteiger partial charge in [0.15, 0.2) is 6.73 Å². The van der Waals surface area contributed by atoms with Gasteiger partial charge in [0.05, 0.1) is 0 Å². The molecule has 5 heteroatoms. The first kappa shape index (κ1) is 15.0. The number of nitrogens with one attached hydrogen (secondary N) is 2. The molecule has 110 valence electrons. The first-order valence-corrected chi connectivity index (χ1v) is 7.45. The van der Waals surface area contributed by atoms with E-state index in [2.05, 4.69) is 17.6 Å². The van der Waals surface area contributed by atoms with Gasteiger partial charge < -0.3 is 15.4 Å². The second-order valence-electron chi connectivity index (χ2n) is 5.26. The maximum Gasteiger partial charge on any atom is 0.317 e. The summed E-state index contributed by atoms with van der Waals surface area (Å²) < 4.78 is 5.42. The second-order valence-corrected chi connectivity index (χ2v) is 5.70. The topological polar surface area (TPSA) is 50.4 Å². The fourth-order valence-electron chi connectivity index (χ4n) is 2.47. The molecule has 1 aliphatic rings. The highest BCUT2D eigenvalue weighted by atomic mass is 35.5. The molecule has 1 aliphatic carbocycles. The van der Waals surface area contributed by atoms with Crippen molar-refractivity contribution in [1.29, 1.82) is 0 Å². The normalized spacial score (nSPS) is 22.1. The van der Waals surface area contributed by atoms with E-state index in [1.54, 1.807) is 24.3 Å². The van der Waals surface area contributed by atoms with Crippen LogP contribution < -0.4 is 15.4 Å². The summed E-state index contributed by atoms with van der Waals surface area (Å²) in [5, 5.41) is 6.38. The Kier molecular flexibility index (Phi) is 5.53. The van der Waals surface area contributed by atoms with Gasteiger partial charge in [-0.25, -0.2) is 4.79 Å². The van der Waals surface area contributed by atoms with Gasteiger partial charge in [0, 0.05) is 11.1 Å². The van der Waals surface area contributed by atoms with Crippen LogP contribution >= 0.6 is 11.6 Å². The van der Waals surface area contributed by atoms with Crippen LogP contribution in [0.5, 0.6) is 5.75 Å². The van der Waals surface area contributed by atoms with Crippen LogP contribution in [0.4, 0.5) is 4.79 Å². The van der Waals surface area contributed by atoms with Crippen molar-refractivity contribution in [2.75, 3.05) is 6.73 Å². The third kappa shape index (κ3) is 4.60. The molecule has 2 rings (SSSR count). The number of hydrogen-bond acceptors (Lipinski definition) is 2. The minimum absolute atomic E-state index is 0.147. The fraction of sp³-hybridized carbons (Fsp3) is 0.533. The number of urea groups is 1. The van der Waals surface area contributed by atoms with E-state index in [0.29, 0.717) is 16.7 Å². The van der Waals surface area contributed by atoms with Crippen molar-refractivity contribution in [2.24, 2.45) is 5.92 Å². The van der Waals surface area contributed by atoms with E-state index < -0.39 is 0 Å². The number of rotatable bonds is 4. The largest absolute Gasteiger partial charge is 0.473 e. The molecule has 1 fully saturated rings. The number of carbonyl (C=O) groups is 1. The molecule has 1 saturated carbocycles. The molecule has 0 radical (unpaired) electrons. The predicted octanol–water partition coefficient (Wildman–Crippen LogP) is 3.55. The Balaban J connectivity index is 1.68. The van der Waals surface area contributed by atoms with E-state index in [1.165, 1.54) is 19.3 Å². The molecule has 0 spiro atoms. The molecule has 0 bridgehead atoms. The van der Waals surface area contributed by atoms with Crippen LogP contribution in [0.2, 0.25) is 5.02 Å². The maximum absolute atomic E-state index is 11.8. The Bertz CT molecular complexity index is 436. The van der Waals surface area contributed by atoms with Crippen LogP contribution in [0, 0.1) is 5.92 Å². The van der Waals surface area contributed by atoms with Crippen molar-refractivity contribution in [3.63, 3.8) is 0 Å². The molecule has 2 N–H and O–H groups in total. The van der Waals surface area contributed by atoms with Crippen molar-refractivity contribution in [3.05, 3.63) is 29.3 Å². The lowest BCUT2D eigenvalue weighted by molar-refractivity contribution is 0.208. The van der Waals surface area contributed by atoms with Crippen molar-refractivity contribution in [2.45, 2.75) is 38.6 Å². The minimum atomic E-state index is -0.169. The summed E-state index contributed by atoms with van der Waals surface area (Å²) in [4.78, 5) is 11.8. The van der Waals surface area contributed by atoms with Crippen molar-refractivity contribution >= 4 is 17.6 Å². The number of halogens is 1. The average Bonchev–Trinajstić information content (AvgIpc) is 2.44. The highest BCUT2D eigenvalue weighted by Gasteiger charge is 2.22. The number of benzene rings is 1. The van der Waals surface area contributed by atoms with E-state index in [4.69, 9.17) is 16.3 Å². The summed E-state index contributed by atoms with van der Waals surface area (Å²) >= 11 is 5.78. The second kappa shape index (κ2) is 7.39. The maximum atomic E-state index is 11.8. The van der Waals surface area contributed by atoms with E-state index >= 15 is 0 Å². The molecular formula is C15H21ClN2O2. The van der Waals surface area contributed by atoms with Gasteiger partial charge in [-0.05, 0) is 43.0 Å². The van der Waals surface area contributed by atoms with Gasteiger partial charge in [0.1, 0.15) is 5.75 Å². The highest BCUT2D eigenvalue weighted by Crippen LogP contribution is 2.23. The molecule has 0 aromatic heterocycles. The van der Waals surface area contributed by atoms with Gasteiger partial charge in [-0.15, -0.1) is 0 Å². The average molecular weight is 297 g/mol. The summed E-state index contributed by atoms with van der Waals surface area (Å²) in [7, 11) is 0. The van der Waals surface area contributed by atoms with Gasteiger partial charge in [-0.2, -0.15) is 0 Å². The lowest BCUT2D eigenvalue weighted by Gasteiger charge is -2.29. The molecule has 2 unspecified atom stereocenters. The molecule has 20 heavy (non-hydrogen) atoms. The predicted molar refractivity (Wildman–Crippen MR) is 80.0 cm³/mol. The van der Waals surface area contributed by atoms with Crippen LogP contribution in [-0.2, 0) is 0 Å². The molecule has 2 atom stereocenters.